The van der Waals surface area contributed by atoms with E-state index in [1.165, 1.54) is 6.92 Å². The molecule has 6 nitrogen and oxygen atoms in total. The maximum absolute atomic E-state index is 11.5. The van der Waals surface area contributed by atoms with Gasteiger partial charge in [0.05, 0.1) is 25.6 Å². The predicted octanol–water partition coefficient (Wildman–Crippen LogP) is 3.58. The highest BCUT2D eigenvalue weighted by atomic mass is 16.5. The van der Waals surface area contributed by atoms with Gasteiger partial charge < -0.3 is 14.8 Å². The number of hydrogen-bond donors (Lipinski definition) is 1. The molecule has 0 bridgehead atoms. The number of methoxy groups -OCH3 is 2. The molecule has 0 atom stereocenters. The minimum Gasteiger partial charge on any atom is -0.494 e. The zero-order chi connectivity index (χ0) is 18.0. The molecule has 0 aliphatic rings. The molecule has 3 rings (SSSR count). The van der Waals surface area contributed by atoms with Crippen molar-refractivity contribution in [3.8, 4) is 22.9 Å². The summed E-state index contributed by atoms with van der Waals surface area (Å²) in [6.45, 7) is 3.46. The third-order valence-electron chi connectivity index (χ3n) is 3.89. The Hall–Kier alpha value is -3.15. The van der Waals surface area contributed by atoms with Gasteiger partial charge in [0.2, 0.25) is 11.8 Å². The van der Waals surface area contributed by atoms with Crippen LogP contribution in [-0.2, 0) is 4.79 Å². The Balaban J connectivity index is 2.21. The molecule has 1 N–H and O–H groups in total. The first-order valence-corrected chi connectivity index (χ1v) is 7.80. The van der Waals surface area contributed by atoms with Crippen molar-refractivity contribution in [2.24, 2.45) is 0 Å². The van der Waals surface area contributed by atoms with Crippen LogP contribution in [0.15, 0.2) is 36.5 Å². The van der Waals surface area contributed by atoms with Crippen LogP contribution in [0, 0.1) is 6.92 Å². The summed E-state index contributed by atoms with van der Waals surface area (Å²) >= 11 is 0. The minimum absolute atomic E-state index is 0.130. The summed E-state index contributed by atoms with van der Waals surface area (Å²) in [6, 6.07) is 9.30. The van der Waals surface area contributed by atoms with Crippen LogP contribution in [0.5, 0.6) is 11.6 Å². The lowest BCUT2D eigenvalue weighted by Crippen LogP contribution is -2.07. The lowest BCUT2D eigenvalue weighted by atomic mass is 10.0. The molecule has 1 amide bonds. The molecule has 2 heterocycles. The second-order valence-electron chi connectivity index (χ2n) is 5.63. The van der Waals surface area contributed by atoms with E-state index in [0.717, 1.165) is 22.2 Å². The number of aryl methyl sites for hydroxylation is 1. The molecule has 0 aliphatic carbocycles. The third kappa shape index (κ3) is 3.24. The zero-order valence-electron chi connectivity index (χ0n) is 14.6. The van der Waals surface area contributed by atoms with Crippen molar-refractivity contribution in [1.82, 2.24) is 9.97 Å². The summed E-state index contributed by atoms with van der Waals surface area (Å²) in [4.78, 5) is 20.5. The first-order valence-electron chi connectivity index (χ1n) is 7.80. The number of anilines is 1. The van der Waals surface area contributed by atoms with Gasteiger partial charge in [0.1, 0.15) is 11.3 Å². The predicted molar refractivity (Wildman–Crippen MR) is 97.1 cm³/mol. The molecule has 0 fully saturated rings. The molecule has 3 aromatic rings. The minimum atomic E-state index is -0.130. The molecular formula is C19H19N3O3. The van der Waals surface area contributed by atoms with Gasteiger partial charge in [0, 0.05) is 30.1 Å². The van der Waals surface area contributed by atoms with Crippen molar-refractivity contribution in [2.45, 2.75) is 13.8 Å². The summed E-state index contributed by atoms with van der Waals surface area (Å²) in [5, 5.41) is 3.71. The number of nitrogens with one attached hydrogen (secondary N) is 1. The number of aromatic nitrogens is 2. The fourth-order valence-electron chi connectivity index (χ4n) is 2.77. The summed E-state index contributed by atoms with van der Waals surface area (Å²) in [5.74, 6) is 1.07. The number of carbonyl (C=O) groups is 1. The van der Waals surface area contributed by atoms with Gasteiger partial charge in [-0.15, -0.1) is 0 Å². The van der Waals surface area contributed by atoms with E-state index in [4.69, 9.17) is 14.5 Å². The van der Waals surface area contributed by atoms with Crippen LogP contribution >= 0.6 is 0 Å². The van der Waals surface area contributed by atoms with E-state index >= 15 is 0 Å². The van der Waals surface area contributed by atoms with Crippen molar-refractivity contribution >= 4 is 22.5 Å². The van der Waals surface area contributed by atoms with Crippen LogP contribution in [0.1, 0.15) is 12.5 Å². The number of rotatable bonds is 4. The van der Waals surface area contributed by atoms with Crippen LogP contribution in [0.4, 0.5) is 5.69 Å². The molecule has 1 aromatic carbocycles. The van der Waals surface area contributed by atoms with Crippen molar-refractivity contribution in [1.29, 1.82) is 0 Å². The Bertz CT molecular complexity index is 937. The van der Waals surface area contributed by atoms with E-state index in [9.17, 15) is 4.79 Å². The fourth-order valence-corrected chi connectivity index (χ4v) is 2.77. The van der Waals surface area contributed by atoms with E-state index < -0.39 is 0 Å². The highest BCUT2D eigenvalue weighted by molar-refractivity contribution is 6.04. The quantitative estimate of drug-likeness (QED) is 0.788. The number of benzene rings is 1. The molecule has 0 spiro atoms. The van der Waals surface area contributed by atoms with Crippen molar-refractivity contribution in [2.75, 3.05) is 19.5 Å². The molecule has 0 aliphatic heterocycles. The van der Waals surface area contributed by atoms with Gasteiger partial charge in [-0.1, -0.05) is 0 Å². The molecular weight excluding hydrogens is 318 g/mol. The van der Waals surface area contributed by atoms with Gasteiger partial charge in [0.25, 0.3) is 0 Å². The van der Waals surface area contributed by atoms with Gasteiger partial charge in [-0.05, 0) is 36.8 Å². The average Bonchev–Trinajstić information content (AvgIpc) is 2.61. The van der Waals surface area contributed by atoms with Gasteiger partial charge in [-0.2, -0.15) is 0 Å². The van der Waals surface area contributed by atoms with E-state index in [1.807, 2.05) is 25.1 Å². The van der Waals surface area contributed by atoms with E-state index in [2.05, 4.69) is 10.3 Å². The summed E-state index contributed by atoms with van der Waals surface area (Å²) in [6.07, 6.45) is 1.72. The average molecular weight is 337 g/mol. The number of ether oxygens (including phenoxy) is 2. The monoisotopic (exact) mass is 337 g/mol. The van der Waals surface area contributed by atoms with Gasteiger partial charge in [-0.3, -0.25) is 4.79 Å². The van der Waals surface area contributed by atoms with E-state index in [0.29, 0.717) is 22.8 Å². The first-order chi connectivity index (χ1) is 12.0. The Morgan fingerprint density at radius 1 is 1.12 bits per heavy atom. The van der Waals surface area contributed by atoms with E-state index in [-0.39, 0.29) is 5.91 Å². The van der Waals surface area contributed by atoms with Crippen LogP contribution in [0.25, 0.3) is 22.2 Å². The first kappa shape index (κ1) is 16.7. The zero-order valence-corrected chi connectivity index (χ0v) is 14.6. The maximum Gasteiger partial charge on any atom is 0.221 e. The number of pyridine rings is 2. The Morgan fingerprint density at radius 3 is 2.52 bits per heavy atom. The largest absolute Gasteiger partial charge is 0.494 e. The van der Waals surface area contributed by atoms with Crippen molar-refractivity contribution < 1.29 is 14.3 Å². The molecule has 128 valence electrons. The number of nitrogens with zero attached hydrogens (tertiary/aromatic N) is 2. The highest BCUT2D eigenvalue weighted by Crippen LogP contribution is 2.35. The fraction of sp³-hybridized carbons (Fsp3) is 0.211. The number of hydrogen-bond acceptors (Lipinski definition) is 5. The summed E-state index contributed by atoms with van der Waals surface area (Å²) < 4.78 is 10.6. The van der Waals surface area contributed by atoms with Gasteiger partial charge in [-0.25, -0.2) is 9.97 Å². The SMILES string of the molecule is COc1ccc(-c2cc(C)c3c(NC(C)=O)ccc(OC)c3n2)cn1. The second-order valence-corrected chi connectivity index (χ2v) is 5.63. The van der Waals surface area contributed by atoms with Crippen molar-refractivity contribution in [3.63, 3.8) is 0 Å². The smallest absolute Gasteiger partial charge is 0.221 e. The Labute approximate surface area is 145 Å². The van der Waals surface area contributed by atoms with Gasteiger partial charge in [0.15, 0.2) is 0 Å². The van der Waals surface area contributed by atoms with Gasteiger partial charge >= 0.3 is 0 Å². The molecule has 0 radical (unpaired) electrons. The second kappa shape index (κ2) is 6.76. The Morgan fingerprint density at radius 2 is 1.92 bits per heavy atom. The Kier molecular flexibility index (Phi) is 4.52. The standard InChI is InChI=1S/C19H19N3O3/c1-11-9-15(13-5-8-17(25-4)20-10-13)22-19-16(24-3)7-6-14(18(11)19)21-12(2)23/h5-10H,1-4H3,(H,21,23). The highest BCUT2D eigenvalue weighted by Gasteiger charge is 2.14. The number of carbonyl (C=O) groups excluding carboxylic acids is 1. The summed E-state index contributed by atoms with van der Waals surface area (Å²) in [7, 11) is 3.18. The lowest BCUT2D eigenvalue weighted by molar-refractivity contribution is -0.114. The maximum atomic E-state index is 11.5. The normalized spacial score (nSPS) is 10.6. The topological polar surface area (TPSA) is 73.3 Å². The third-order valence-corrected chi connectivity index (χ3v) is 3.89. The van der Waals surface area contributed by atoms with Crippen LogP contribution < -0.4 is 14.8 Å². The van der Waals surface area contributed by atoms with Crippen molar-refractivity contribution in [3.05, 3.63) is 42.1 Å². The number of amides is 1. The number of fused-ring (bicyclic) bond motifs is 1. The summed E-state index contributed by atoms with van der Waals surface area (Å²) in [5.41, 5.74) is 4.04. The molecule has 2 aromatic heterocycles. The molecule has 0 unspecified atom stereocenters. The molecule has 25 heavy (non-hydrogen) atoms. The van der Waals surface area contributed by atoms with Crippen LogP contribution in [0.2, 0.25) is 0 Å². The van der Waals surface area contributed by atoms with Crippen LogP contribution in [-0.4, -0.2) is 30.1 Å². The molecule has 0 saturated heterocycles. The molecule has 0 saturated carbocycles. The van der Waals surface area contributed by atoms with E-state index in [1.54, 1.807) is 32.5 Å². The lowest BCUT2D eigenvalue weighted by Gasteiger charge is -2.14. The molecule has 6 heteroatoms. The van der Waals surface area contributed by atoms with Crippen LogP contribution in [0.3, 0.4) is 0 Å².